The standard InChI is InChI=1S/C25H19FN2O5/c1-33-21-10-5-16(17(13-21)11-15-3-2-4-18(26)12-15)14-22-23(30)27-25(32)28(24(22)31)19-6-8-20(29)9-7-19/h2-10,12-14,29H,11H2,1H3,(H,27,30,32)/b22-14+. The molecular formula is C25H19FN2O5. The number of halogens is 1. The molecule has 0 aliphatic carbocycles. The molecule has 0 aromatic heterocycles. The molecule has 1 aliphatic rings. The molecule has 33 heavy (non-hydrogen) atoms. The van der Waals surface area contributed by atoms with Crippen LogP contribution in [0.5, 0.6) is 11.5 Å². The van der Waals surface area contributed by atoms with Gasteiger partial charge in [-0.1, -0.05) is 18.2 Å². The highest BCUT2D eigenvalue weighted by Gasteiger charge is 2.36. The van der Waals surface area contributed by atoms with Gasteiger partial charge in [0.25, 0.3) is 11.8 Å². The number of phenols is 1. The number of amides is 4. The van der Waals surface area contributed by atoms with Crippen LogP contribution in [-0.4, -0.2) is 30.1 Å². The van der Waals surface area contributed by atoms with E-state index < -0.39 is 17.8 Å². The van der Waals surface area contributed by atoms with Crippen molar-refractivity contribution in [2.24, 2.45) is 0 Å². The summed E-state index contributed by atoms with van der Waals surface area (Å²) in [7, 11) is 1.51. The normalized spacial score (nSPS) is 15.0. The quantitative estimate of drug-likeness (QED) is 0.459. The highest BCUT2D eigenvalue weighted by atomic mass is 19.1. The summed E-state index contributed by atoms with van der Waals surface area (Å²) in [6.07, 6.45) is 1.72. The van der Waals surface area contributed by atoms with Crippen LogP contribution in [0, 0.1) is 5.82 Å². The van der Waals surface area contributed by atoms with Gasteiger partial charge in [0, 0.05) is 0 Å². The molecule has 4 amide bonds. The molecule has 2 N–H and O–H groups in total. The molecule has 0 atom stereocenters. The SMILES string of the molecule is COc1ccc(/C=C2\C(=O)NC(=O)N(c3ccc(O)cc3)C2=O)c(Cc2cccc(F)c2)c1. The maximum Gasteiger partial charge on any atom is 0.335 e. The molecular weight excluding hydrogens is 427 g/mol. The van der Waals surface area contributed by atoms with E-state index in [9.17, 15) is 23.9 Å². The number of carbonyl (C=O) groups is 3. The number of barbiturate groups is 1. The number of methoxy groups -OCH3 is 1. The molecule has 1 aliphatic heterocycles. The summed E-state index contributed by atoms with van der Waals surface area (Å²) >= 11 is 0. The van der Waals surface area contributed by atoms with E-state index in [0.29, 0.717) is 28.9 Å². The Bertz CT molecular complexity index is 1280. The number of urea groups is 1. The number of rotatable bonds is 5. The second-order valence-corrected chi connectivity index (χ2v) is 7.35. The van der Waals surface area contributed by atoms with Gasteiger partial charge in [0.2, 0.25) is 0 Å². The molecule has 0 spiro atoms. The first kappa shape index (κ1) is 21.8. The van der Waals surface area contributed by atoms with Gasteiger partial charge in [-0.15, -0.1) is 0 Å². The number of nitrogens with zero attached hydrogens (tertiary/aromatic N) is 1. The monoisotopic (exact) mass is 446 g/mol. The lowest BCUT2D eigenvalue weighted by Crippen LogP contribution is -2.54. The van der Waals surface area contributed by atoms with Crippen LogP contribution >= 0.6 is 0 Å². The second kappa shape index (κ2) is 8.96. The summed E-state index contributed by atoms with van der Waals surface area (Å²) in [4.78, 5) is 38.8. The van der Waals surface area contributed by atoms with Crippen LogP contribution < -0.4 is 15.0 Å². The molecule has 0 unspecified atom stereocenters. The molecule has 0 saturated carbocycles. The fraction of sp³-hybridized carbons (Fsp3) is 0.0800. The summed E-state index contributed by atoms with van der Waals surface area (Å²) < 4.78 is 19.0. The molecule has 0 radical (unpaired) electrons. The molecule has 7 nitrogen and oxygen atoms in total. The summed E-state index contributed by atoms with van der Waals surface area (Å²) in [6, 6.07) is 15.8. The van der Waals surface area contributed by atoms with Crippen LogP contribution in [0.1, 0.15) is 16.7 Å². The van der Waals surface area contributed by atoms with Crippen molar-refractivity contribution >= 4 is 29.6 Å². The minimum atomic E-state index is -0.887. The van der Waals surface area contributed by atoms with Crippen LogP contribution in [0.4, 0.5) is 14.9 Å². The van der Waals surface area contributed by atoms with Crippen molar-refractivity contribution in [1.29, 1.82) is 0 Å². The van der Waals surface area contributed by atoms with Crippen molar-refractivity contribution in [1.82, 2.24) is 5.32 Å². The number of aromatic hydroxyl groups is 1. The van der Waals surface area contributed by atoms with E-state index in [2.05, 4.69) is 5.32 Å². The first-order chi connectivity index (χ1) is 15.9. The van der Waals surface area contributed by atoms with E-state index in [1.807, 2.05) is 0 Å². The Morgan fingerprint density at radius 3 is 2.48 bits per heavy atom. The average molecular weight is 446 g/mol. The second-order valence-electron chi connectivity index (χ2n) is 7.35. The van der Waals surface area contributed by atoms with Crippen molar-refractivity contribution in [3.05, 3.63) is 94.8 Å². The molecule has 0 bridgehead atoms. The van der Waals surface area contributed by atoms with Gasteiger partial charge in [-0.3, -0.25) is 14.9 Å². The number of carbonyl (C=O) groups excluding carboxylic acids is 3. The summed E-state index contributed by atoms with van der Waals surface area (Å²) in [6.45, 7) is 0. The van der Waals surface area contributed by atoms with Gasteiger partial charge < -0.3 is 9.84 Å². The number of phenolic OH excluding ortho intramolecular Hbond substituents is 1. The molecule has 8 heteroatoms. The van der Waals surface area contributed by atoms with Gasteiger partial charge in [0.05, 0.1) is 12.8 Å². The predicted molar refractivity (Wildman–Crippen MR) is 119 cm³/mol. The molecule has 3 aromatic rings. The summed E-state index contributed by atoms with van der Waals surface area (Å²) in [5.41, 5.74) is 1.89. The van der Waals surface area contributed by atoms with Gasteiger partial charge in [0.1, 0.15) is 22.9 Å². The molecule has 1 saturated heterocycles. The number of anilines is 1. The predicted octanol–water partition coefficient (Wildman–Crippen LogP) is 3.80. The van der Waals surface area contributed by atoms with E-state index >= 15 is 0 Å². The number of hydrogen-bond donors (Lipinski definition) is 2. The maximum absolute atomic E-state index is 13.7. The number of hydrogen-bond acceptors (Lipinski definition) is 5. The van der Waals surface area contributed by atoms with Gasteiger partial charge in [-0.05, 0) is 77.7 Å². The van der Waals surface area contributed by atoms with Crippen molar-refractivity contribution < 1.29 is 28.6 Å². The largest absolute Gasteiger partial charge is 0.508 e. The van der Waals surface area contributed by atoms with Gasteiger partial charge in [-0.25, -0.2) is 14.1 Å². The van der Waals surface area contributed by atoms with E-state index in [4.69, 9.17) is 4.74 Å². The minimum Gasteiger partial charge on any atom is -0.508 e. The van der Waals surface area contributed by atoms with Gasteiger partial charge >= 0.3 is 6.03 Å². The fourth-order valence-corrected chi connectivity index (χ4v) is 3.52. The summed E-state index contributed by atoms with van der Waals surface area (Å²) in [5.74, 6) is -1.48. The third-order valence-electron chi connectivity index (χ3n) is 5.14. The van der Waals surface area contributed by atoms with Crippen LogP contribution in [0.25, 0.3) is 6.08 Å². The Balaban J connectivity index is 1.75. The van der Waals surface area contributed by atoms with Crippen molar-refractivity contribution in [2.45, 2.75) is 6.42 Å². The van der Waals surface area contributed by atoms with Crippen molar-refractivity contribution in [3.8, 4) is 11.5 Å². The van der Waals surface area contributed by atoms with E-state index in [1.165, 1.54) is 49.6 Å². The number of benzene rings is 3. The smallest absolute Gasteiger partial charge is 0.335 e. The van der Waals surface area contributed by atoms with Crippen LogP contribution in [0.2, 0.25) is 0 Å². The van der Waals surface area contributed by atoms with Crippen molar-refractivity contribution in [3.63, 3.8) is 0 Å². The molecule has 1 heterocycles. The Hall–Kier alpha value is -4.46. The fourth-order valence-electron chi connectivity index (χ4n) is 3.52. The van der Waals surface area contributed by atoms with E-state index in [0.717, 1.165) is 4.90 Å². The van der Waals surface area contributed by atoms with Crippen molar-refractivity contribution in [2.75, 3.05) is 12.0 Å². The minimum absolute atomic E-state index is 0.0318. The Labute approximate surface area is 188 Å². The highest BCUT2D eigenvalue weighted by molar-refractivity contribution is 6.39. The third kappa shape index (κ3) is 4.59. The lowest BCUT2D eigenvalue weighted by atomic mass is 9.97. The lowest BCUT2D eigenvalue weighted by Gasteiger charge is -2.26. The molecule has 166 valence electrons. The van der Waals surface area contributed by atoms with Crippen LogP contribution in [-0.2, 0) is 16.0 Å². The first-order valence-corrected chi connectivity index (χ1v) is 9.97. The van der Waals surface area contributed by atoms with E-state index in [1.54, 1.807) is 30.3 Å². The topological polar surface area (TPSA) is 95.9 Å². The van der Waals surface area contributed by atoms with E-state index in [-0.39, 0.29) is 22.8 Å². The van der Waals surface area contributed by atoms with Crippen LogP contribution in [0.15, 0.2) is 72.3 Å². The average Bonchev–Trinajstić information content (AvgIpc) is 2.78. The van der Waals surface area contributed by atoms with Crippen LogP contribution in [0.3, 0.4) is 0 Å². The number of ether oxygens (including phenoxy) is 1. The zero-order chi connectivity index (χ0) is 23.5. The zero-order valence-corrected chi connectivity index (χ0v) is 17.5. The molecule has 1 fully saturated rings. The Morgan fingerprint density at radius 2 is 1.79 bits per heavy atom. The molecule has 4 rings (SSSR count). The number of imide groups is 2. The Morgan fingerprint density at radius 1 is 1.03 bits per heavy atom. The third-order valence-corrected chi connectivity index (χ3v) is 5.14. The molecule has 3 aromatic carbocycles. The number of nitrogens with one attached hydrogen (secondary N) is 1. The highest BCUT2D eigenvalue weighted by Crippen LogP contribution is 2.27. The van der Waals surface area contributed by atoms with Gasteiger partial charge in [-0.2, -0.15) is 0 Å². The Kier molecular flexibility index (Phi) is 5.91. The summed E-state index contributed by atoms with van der Waals surface area (Å²) in [5, 5.41) is 11.6. The maximum atomic E-state index is 13.7. The van der Waals surface area contributed by atoms with Gasteiger partial charge in [0.15, 0.2) is 0 Å². The first-order valence-electron chi connectivity index (χ1n) is 9.97. The lowest BCUT2D eigenvalue weighted by molar-refractivity contribution is -0.122. The zero-order valence-electron chi connectivity index (χ0n) is 17.5.